The van der Waals surface area contributed by atoms with E-state index in [0.29, 0.717) is 11.5 Å². The van der Waals surface area contributed by atoms with E-state index in [1.54, 1.807) is 0 Å². The Morgan fingerprint density at radius 2 is 1.80 bits per heavy atom. The van der Waals surface area contributed by atoms with Gasteiger partial charge in [0.05, 0.1) is 6.10 Å². The van der Waals surface area contributed by atoms with Gasteiger partial charge in [0.2, 0.25) is 0 Å². The van der Waals surface area contributed by atoms with Gasteiger partial charge in [-0.05, 0) is 36.6 Å². The minimum absolute atomic E-state index is 0.122. The van der Waals surface area contributed by atoms with E-state index in [9.17, 15) is 5.11 Å². The molecule has 0 radical (unpaired) electrons. The molecule has 1 aliphatic carbocycles. The Bertz CT molecular complexity index is 247. The molecule has 2 fully saturated rings. The minimum atomic E-state index is -0.133. The van der Waals surface area contributed by atoms with Crippen molar-refractivity contribution in [1.82, 2.24) is 4.90 Å². The molecule has 2 atom stereocenters. The van der Waals surface area contributed by atoms with E-state index >= 15 is 0 Å². The highest BCUT2D eigenvalue weighted by atomic mass is 16.3. The van der Waals surface area contributed by atoms with Crippen molar-refractivity contribution >= 4 is 0 Å². The lowest BCUT2D eigenvalue weighted by molar-refractivity contribution is 0.0197. The quantitative estimate of drug-likeness (QED) is 0.719. The summed E-state index contributed by atoms with van der Waals surface area (Å²) in [5.41, 5.74) is 0.573. The van der Waals surface area contributed by atoms with Gasteiger partial charge in [0.1, 0.15) is 0 Å². The standard InChI is InChI=1S/C13H25NO/c1-12(2)7-8-14(9-12)10-5-6-13(3,4)11(10)15/h10-11,15H,5-9H2,1-4H3. The lowest BCUT2D eigenvalue weighted by atomic mass is 9.88. The molecule has 2 heteroatoms. The minimum Gasteiger partial charge on any atom is -0.391 e. The molecular weight excluding hydrogens is 186 g/mol. The van der Waals surface area contributed by atoms with Crippen molar-refractivity contribution in [3.8, 4) is 0 Å². The first-order valence-electron chi connectivity index (χ1n) is 6.24. The molecule has 1 aliphatic heterocycles. The van der Waals surface area contributed by atoms with E-state index in [1.165, 1.54) is 19.4 Å². The van der Waals surface area contributed by atoms with Crippen LogP contribution in [0.2, 0.25) is 0 Å². The van der Waals surface area contributed by atoms with Gasteiger partial charge in [-0.15, -0.1) is 0 Å². The molecular formula is C13H25NO. The first-order chi connectivity index (χ1) is 6.82. The lowest BCUT2D eigenvalue weighted by Gasteiger charge is -2.32. The zero-order chi connectivity index (χ0) is 11.3. The second-order valence-corrected chi connectivity index (χ2v) is 6.92. The van der Waals surface area contributed by atoms with Gasteiger partial charge in [-0.2, -0.15) is 0 Å². The van der Waals surface area contributed by atoms with Crippen LogP contribution in [0.25, 0.3) is 0 Å². The Labute approximate surface area is 93.7 Å². The Hall–Kier alpha value is -0.0800. The molecule has 0 spiro atoms. The predicted octanol–water partition coefficient (Wildman–Crippen LogP) is 2.27. The van der Waals surface area contributed by atoms with Gasteiger partial charge < -0.3 is 5.11 Å². The van der Waals surface area contributed by atoms with E-state index < -0.39 is 0 Å². The molecule has 2 rings (SSSR count). The third-order valence-corrected chi connectivity index (χ3v) is 4.43. The number of nitrogens with zero attached hydrogens (tertiary/aromatic N) is 1. The summed E-state index contributed by atoms with van der Waals surface area (Å²) >= 11 is 0. The highest BCUT2D eigenvalue weighted by Crippen LogP contribution is 2.42. The molecule has 88 valence electrons. The zero-order valence-electron chi connectivity index (χ0n) is 10.6. The van der Waals surface area contributed by atoms with E-state index in [1.807, 2.05) is 0 Å². The third kappa shape index (κ3) is 2.07. The fraction of sp³-hybridized carbons (Fsp3) is 1.00. The highest BCUT2D eigenvalue weighted by molar-refractivity contribution is 4.99. The average Bonchev–Trinajstić information content (AvgIpc) is 2.56. The van der Waals surface area contributed by atoms with E-state index in [4.69, 9.17) is 0 Å². The van der Waals surface area contributed by atoms with Crippen molar-refractivity contribution in [1.29, 1.82) is 0 Å². The second kappa shape index (κ2) is 3.46. The number of hydrogen-bond acceptors (Lipinski definition) is 2. The van der Waals surface area contributed by atoms with Crippen molar-refractivity contribution in [2.24, 2.45) is 10.8 Å². The van der Waals surface area contributed by atoms with Gasteiger partial charge >= 0.3 is 0 Å². The van der Waals surface area contributed by atoms with Crippen molar-refractivity contribution in [3.05, 3.63) is 0 Å². The summed E-state index contributed by atoms with van der Waals surface area (Å²) in [5, 5.41) is 10.3. The predicted molar refractivity (Wildman–Crippen MR) is 62.8 cm³/mol. The molecule has 1 N–H and O–H groups in total. The van der Waals surface area contributed by atoms with Crippen LogP contribution in [0.1, 0.15) is 47.0 Å². The molecule has 2 aliphatic rings. The smallest absolute Gasteiger partial charge is 0.0746 e. The molecule has 0 bridgehead atoms. The Kier molecular flexibility index (Phi) is 2.63. The Balaban J connectivity index is 2.02. The van der Waals surface area contributed by atoms with Crippen LogP contribution in [0.4, 0.5) is 0 Å². The largest absolute Gasteiger partial charge is 0.391 e. The number of aliphatic hydroxyl groups excluding tert-OH is 1. The maximum absolute atomic E-state index is 10.3. The van der Waals surface area contributed by atoms with Crippen molar-refractivity contribution < 1.29 is 5.11 Å². The molecule has 2 nitrogen and oxygen atoms in total. The second-order valence-electron chi connectivity index (χ2n) is 6.92. The SMILES string of the molecule is CC1(C)CCN(C2CCC(C)(C)C2O)C1. The van der Waals surface area contributed by atoms with Crippen LogP contribution < -0.4 is 0 Å². The first-order valence-corrected chi connectivity index (χ1v) is 6.24. The van der Waals surface area contributed by atoms with Gasteiger partial charge in [0, 0.05) is 12.6 Å². The van der Waals surface area contributed by atoms with Crippen LogP contribution in [-0.4, -0.2) is 35.2 Å². The monoisotopic (exact) mass is 211 g/mol. The molecule has 15 heavy (non-hydrogen) atoms. The summed E-state index contributed by atoms with van der Waals surface area (Å²) in [6, 6.07) is 0.418. The van der Waals surface area contributed by atoms with Gasteiger partial charge in [0.25, 0.3) is 0 Å². The molecule has 1 heterocycles. The summed E-state index contributed by atoms with van der Waals surface area (Å²) in [4.78, 5) is 2.51. The van der Waals surface area contributed by atoms with Crippen LogP contribution >= 0.6 is 0 Å². The maximum Gasteiger partial charge on any atom is 0.0746 e. The van der Waals surface area contributed by atoms with Gasteiger partial charge in [0.15, 0.2) is 0 Å². The van der Waals surface area contributed by atoms with E-state index in [0.717, 1.165) is 13.0 Å². The van der Waals surface area contributed by atoms with Crippen LogP contribution in [-0.2, 0) is 0 Å². The van der Waals surface area contributed by atoms with E-state index in [-0.39, 0.29) is 11.5 Å². The summed E-state index contributed by atoms with van der Waals surface area (Å²) in [5.74, 6) is 0. The fourth-order valence-electron chi connectivity index (χ4n) is 3.17. The number of aliphatic hydroxyl groups is 1. The summed E-state index contributed by atoms with van der Waals surface area (Å²) in [6.07, 6.45) is 3.47. The van der Waals surface area contributed by atoms with Crippen LogP contribution in [0.5, 0.6) is 0 Å². The van der Waals surface area contributed by atoms with Gasteiger partial charge in [-0.3, -0.25) is 4.90 Å². The average molecular weight is 211 g/mol. The molecule has 0 amide bonds. The molecule has 1 saturated carbocycles. The normalized spacial score (nSPS) is 39.8. The van der Waals surface area contributed by atoms with Crippen molar-refractivity contribution in [2.45, 2.75) is 59.1 Å². The molecule has 0 aromatic rings. The number of likely N-dealkylation sites (tertiary alicyclic amines) is 1. The number of hydrogen-bond donors (Lipinski definition) is 1. The summed E-state index contributed by atoms with van der Waals surface area (Å²) in [7, 11) is 0. The number of rotatable bonds is 1. The Morgan fingerprint density at radius 1 is 1.13 bits per heavy atom. The van der Waals surface area contributed by atoms with Crippen molar-refractivity contribution in [2.75, 3.05) is 13.1 Å². The topological polar surface area (TPSA) is 23.5 Å². The van der Waals surface area contributed by atoms with Gasteiger partial charge in [-0.25, -0.2) is 0 Å². The first kappa shape index (κ1) is 11.4. The molecule has 0 aromatic heterocycles. The van der Waals surface area contributed by atoms with Crippen LogP contribution in [0, 0.1) is 10.8 Å². The molecule has 1 saturated heterocycles. The van der Waals surface area contributed by atoms with Crippen molar-refractivity contribution in [3.63, 3.8) is 0 Å². The fourth-order valence-corrected chi connectivity index (χ4v) is 3.17. The third-order valence-electron chi connectivity index (χ3n) is 4.43. The lowest BCUT2D eigenvalue weighted by Crippen LogP contribution is -2.43. The maximum atomic E-state index is 10.3. The highest BCUT2D eigenvalue weighted by Gasteiger charge is 2.45. The summed E-state index contributed by atoms with van der Waals surface area (Å²) < 4.78 is 0. The van der Waals surface area contributed by atoms with E-state index in [2.05, 4.69) is 32.6 Å². The molecule has 2 unspecified atom stereocenters. The molecule has 0 aromatic carbocycles. The summed E-state index contributed by atoms with van der Waals surface area (Å²) in [6.45, 7) is 11.4. The Morgan fingerprint density at radius 3 is 2.20 bits per heavy atom. The van der Waals surface area contributed by atoms with Gasteiger partial charge in [-0.1, -0.05) is 27.7 Å². The van der Waals surface area contributed by atoms with Crippen LogP contribution in [0.3, 0.4) is 0 Å². The van der Waals surface area contributed by atoms with Crippen LogP contribution in [0.15, 0.2) is 0 Å². The zero-order valence-corrected chi connectivity index (χ0v) is 10.6.